The summed E-state index contributed by atoms with van der Waals surface area (Å²) in [5.41, 5.74) is 0.532. The van der Waals surface area contributed by atoms with Crippen molar-refractivity contribution in [1.82, 2.24) is 9.21 Å². The standard InChI is InChI=1S/C12H16N4O3S/c1-9(17)14-10-3-5-11(6-4-10)20(18,19)16-8-7-15(2)12(16)13/h3-6,13H,7-8H2,1-2H3,(H,14,17). The van der Waals surface area contributed by atoms with E-state index in [-0.39, 0.29) is 23.3 Å². The van der Waals surface area contributed by atoms with Gasteiger partial charge in [-0.1, -0.05) is 0 Å². The van der Waals surface area contributed by atoms with Gasteiger partial charge in [0.25, 0.3) is 10.0 Å². The molecular weight excluding hydrogens is 280 g/mol. The average molecular weight is 296 g/mol. The van der Waals surface area contributed by atoms with E-state index in [4.69, 9.17) is 5.41 Å². The number of rotatable bonds is 3. The van der Waals surface area contributed by atoms with Crippen molar-refractivity contribution in [3.05, 3.63) is 24.3 Å². The lowest BCUT2D eigenvalue weighted by Crippen LogP contribution is -2.35. The number of hydrogen-bond donors (Lipinski definition) is 2. The third kappa shape index (κ3) is 2.60. The Balaban J connectivity index is 2.26. The van der Waals surface area contributed by atoms with Gasteiger partial charge in [-0.3, -0.25) is 10.2 Å². The minimum atomic E-state index is -3.71. The fraction of sp³-hybridized carbons (Fsp3) is 0.333. The number of likely N-dealkylation sites (N-methyl/N-ethyl adjacent to an activating group) is 1. The average Bonchev–Trinajstić information content (AvgIpc) is 2.70. The summed E-state index contributed by atoms with van der Waals surface area (Å²) in [6, 6.07) is 5.90. The Morgan fingerprint density at radius 3 is 2.30 bits per heavy atom. The number of amides is 1. The maximum atomic E-state index is 12.4. The number of hydrogen-bond acceptors (Lipinski definition) is 4. The Bertz CT molecular complexity index is 639. The molecule has 0 radical (unpaired) electrons. The Morgan fingerprint density at radius 2 is 1.85 bits per heavy atom. The van der Waals surface area contributed by atoms with E-state index < -0.39 is 10.0 Å². The third-order valence-electron chi connectivity index (χ3n) is 3.00. The molecule has 0 unspecified atom stereocenters. The number of nitrogens with zero attached hydrogens (tertiary/aromatic N) is 2. The fourth-order valence-corrected chi connectivity index (χ4v) is 3.34. The van der Waals surface area contributed by atoms with E-state index in [1.54, 1.807) is 11.9 Å². The molecule has 1 fully saturated rings. The molecule has 8 heteroatoms. The molecule has 1 aliphatic heterocycles. The van der Waals surface area contributed by atoms with Crippen LogP contribution in [-0.2, 0) is 14.8 Å². The summed E-state index contributed by atoms with van der Waals surface area (Å²) >= 11 is 0. The molecule has 1 aromatic carbocycles. The van der Waals surface area contributed by atoms with Gasteiger partial charge in [0.15, 0.2) is 0 Å². The van der Waals surface area contributed by atoms with E-state index in [2.05, 4.69) is 5.32 Å². The first kappa shape index (κ1) is 14.3. The van der Waals surface area contributed by atoms with Gasteiger partial charge in [0.2, 0.25) is 11.9 Å². The molecule has 0 aromatic heterocycles. The van der Waals surface area contributed by atoms with Crippen LogP contribution in [0.5, 0.6) is 0 Å². The molecule has 1 heterocycles. The first-order valence-electron chi connectivity index (χ1n) is 6.02. The normalized spacial score (nSPS) is 15.6. The van der Waals surface area contributed by atoms with Crippen LogP contribution in [0, 0.1) is 5.41 Å². The van der Waals surface area contributed by atoms with E-state index in [0.717, 1.165) is 4.31 Å². The molecule has 20 heavy (non-hydrogen) atoms. The van der Waals surface area contributed by atoms with Crippen molar-refractivity contribution in [1.29, 1.82) is 5.41 Å². The quantitative estimate of drug-likeness (QED) is 0.850. The van der Waals surface area contributed by atoms with Gasteiger partial charge in [0.05, 0.1) is 11.4 Å². The first-order chi connectivity index (χ1) is 9.32. The van der Waals surface area contributed by atoms with Crippen molar-refractivity contribution in [3.63, 3.8) is 0 Å². The second-order valence-electron chi connectivity index (χ2n) is 4.53. The molecule has 1 aliphatic rings. The third-order valence-corrected chi connectivity index (χ3v) is 4.80. The highest BCUT2D eigenvalue weighted by atomic mass is 32.2. The number of benzene rings is 1. The van der Waals surface area contributed by atoms with E-state index in [1.807, 2.05) is 0 Å². The van der Waals surface area contributed by atoms with Crippen LogP contribution in [0.3, 0.4) is 0 Å². The highest BCUT2D eigenvalue weighted by Gasteiger charge is 2.33. The van der Waals surface area contributed by atoms with Gasteiger partial charge < -0.3 is 10.2 Å². The van der Waals surface area contributed by atoms with Gasteiger partial charge in [0, 0.05) is 26.2 Å². The Morgan fingerprint density at radius 1 is 1.25 bits per heavy atom. The van der Waals surface area contributed by atoms with E-state index >= 15 is 0 Å². The lowest BCUT2D eigenvalue weighted by Gasteiger charge is -2.19. The van der Waals surface area contributed by atoms with Crippen molar-refractivity contribution in [2.24, 2.45) is 0 Å². The molecule has 0 aliphatic carbocycles. The van der Waals surface area contributed by atoms with Crippen LogP contribution in [0.2, 0.25) is 0 Å². The van der Waals surface area contributed by atoms with E-state index in [9.17, 15) is 13.2 Å². The van der Waals surface area contributed by atoms with Crippen LogP contribution >= 0.6 is 0 Å². The molecule has 0 bridgehead atoms. The highest BCUT2D eigenvalue weighted by molar-refractivity contribution is 7.89. The maximum Gasteiger partial charge on any atom is 0.266 e. The zero-order valence-corrected chi connectivity index (χ0v) is 12.1. The molecule has 2 N–H and O–H groups in total. The predicted molar refractivity (Wildman–Crippen MR) is 75.0 cm³/mol. The molecule has 1 amide bonds. The topological polar surface area (TPSA) is 93.6 Å². The molecule has 108 valence electrons. The van der Waals surface area contributed by atoms with Gasteiger partial charge in [0.1, 0.15) is 0 Å². The molecule has 1 aromatic rings. The lowest BCUT2D eigenvalue weighted by atomic mass is 10.3. The maximum absolute atomic E-state index is 12.4. The first-order valence-corrected chi connectivity index (χ1v) is 7.46. The van der Waals surface area contributed by atoms with Gasteiger partial charge in [-0.05, 0) is 24.3 Å². The molecule has 0 spiro atoms. The fourth-order valence-electron chi connectivity index (χ4n) is 1.92. The number of guanidine groups is 1. The minimum absolute atomic E-state index is 0.0315. The Labute approximate surface area is 117 Å². The second kappa shape index (κ2) is 5.12. The summed E-state index contributed by atoms with van der Waals surface area (Å²) in [5.74, 6) is -0.250. The largest absolute Gasteiger partial charge is 0.343 e. The smallest absolute Gasteiger partial charge is 0.266 e. The van der Waals surface area contributed by atoms with Gasteiger partial charge in [-0.15, -0.1) is 0 Å². The number of carbonyl (C=O) groups excluding carboxylic acids is 1. The van der Waals surface area contributed by atoms with Crippen LogP contribution in [0.1, 0.15) is 6.92 Å². The van der Waals surface area contributed by atoms with Gasteiger partial charge in [-0.25, -0.2) is 12.7 Å². The second-order valence-corrected chi connectivity index (χ2v) is 6.39. The van der Waals surface area contributed by atoms with Crippen molar-refractivity contribution in [2.75, 3.05) is 25.5 Å². The lowest BCUT2D eigenvalue weighted by molar-refractivity contribution is -0.114. The summed E-state index contributed by atoms with van der Waals surface area (Å²) in [5, 5.41) is 10.3. The van der Waals surface area contributed by atoms with Crippen molar-refractivity contribution in [2.45, 2.75) is 11.8 Å². The van der Waals surface area contributed by atoms with Crippen molar-refractivity contribution < 1.29 is 13.2 Å². The van der Waals surface area contributed by atoms with E-state index in [1.165, 1.54) is 31.2 Å². The van der Waals surface area contributed by atoms with Crippen LogP contribution in [0.15, 0.2) is 29.2 Å². The number of anilines is 1. The summed E-state index contributed by atoms with van der Waals surface area (Å²) in [6.07, 6.45) is 0. The van der Waals surface area contributed by atoms with E-state index in [0.29, 0.717) is 12.2 Å². The Kier molecular flexibility index (Phi) is 3.67. The summed E-state index contributed by atoms with van der Waals surface area (Å²) in [7, 11) is -2.03. The minimum Gasteiger partial charge on any atom is -0.343 e. The molecule has 7 nitrogen and oxygen atoms in total. The monoisotopic (exact) mass is 296 g/mol. The number of carbonyl (C=O) groups is 1. The summed E-state index contributed by atoms with van der Waals surface area (Å²) in [6.45, 7) is 2.15. The van der Waals surface area contributed by atoms with Crippen molar-refractivity contribution in [3.8, 4) is 0 Å². The van der Waals surface area contributed by atoms with Crippen molar-refractivity contribution >= 4 is 27.6 Å². The number of sulfonamides is 1. The van der Waals surface area contributed by atoms with Crippen LogP contribution in [0.25, 0.3) is 0 Å². The zero-order chi connectivity index (χ0) is 14.9. The molecule has 0 atom stereocenters. The van der Waals surface area contributed by atoms with Gasteiger partial charge in [-0.2, -0.15) is 0 Å². The summed E-state index contributed by atoms with van der Waals surface area (Å²) < 4.78 is 25.9. The molecule has 0 saturated carbocycles. The predicted octanol–water partition coefficient (Wildman–Crippen LogP) is 0.516. The molecule has 1 saturated heterocycles. The van der Waals surface area contributed by atoms with Crippen LogP contribution < -0.4 is 5.32 Å². The SMILES string of the molecule is CC(=O)Nc1ccc(S(=O)(=O)N2CCN(C)C2=N)cc1. The van der Waals surface area contributed by atoms with Gasteiger partial charge >= 0.3 is 0 Å². The Hall–Kier alpha value is -2.09. The molecular formula is C12H16N4O3S. The highest BCUT2D eigenvalue weighted by Crippen LogP contribution is 2.21. The van der Waals surface area contributed by atoms with Crippen LogP contribution in [0.4, 0.5) is 5.69 Å². The molecule has 2 rings (SSSR count). The number of nitrogens with one attached hydrogen (secondary N) is 2. The van der Waals surface area contributed by atoms with Crippen LogP contribution in [-0.4, -0.2) is 49.6 Å². The summed E-state index contributed by atoms with van der Waals surface area (Å²) in [4.78, 5) is 12.6. The zero-order valence-electron chi connectivity index (χ0n) is 11.3.